The molecule has 0 aliphatic carbocycles. The van der Waals surface area contributed by atoms with Crippen LogP contribution in [0.1, 0.15) is 21.9 Å². The predicted molar refractivity (Wildman–Crippen MR) is 73.4 cm³/mol. The normalized spacial score (nSPS) is 9.81. The zero-order valence-corrected chi connectivity index (χ0v) is 11.3. The van der Waals surface area contributed by atoms with Gasteiger partial charge in [-0.05, 0) is 18.1 Å². The maximum atomic E-state index is 12.0. The SMILES string of the molecule is COCc1cc(C(=O)Nc2cccc(C#CCO)n2)no1. The fourth-order valence-corrected chi connectivity index (χ4v) is 1.51. The molecule has 0 aromatic carbocycles. The van der Waals surface area contributed by atoms with Gasteiger partial charge >= 0.3 is 0 Å². The Balaban J connectivity index is 2.08. The molecule has 0 unspecified atom stereocenters. The molecule has 7 nitrogen and oxygen atoms in total. The van der Waals surface area contributed by atoms with E-state index in [1.807, 2.05) is 0 Å². The van der Waals surface area contributed by atoms with Gasteiger partial charge < -0.3 is 19.7 Å². The van der Waals surface area contributed by atoms with E-state index in [0.717, 1.165) is 0 Å². The third-order valence-corrected chi connectivity index (χ3v) is 2.36. The van der Waals surface area contributed by atoms with Gasteiger partial charge in [0.15, 0.2) is 11.5 Å². The average molecular weight is 287 g/mol. The molecule has 1 amide bonds. The maximum Gasteiger partial charge on any atom is 0.279 e. The van der Waals surface area contributed by atoms with Crippen molar-refractivity contribution in [3.63, 3.8) is 0 Å². The lowest BCUT2D eigenvalue weighted by Crippen LogP contribution is -2.13. The largest absolute Gasteiger partial charge is 0.384 e. The lowest BCUT2D eigenvalue weighted by atomic mass is 10.3. The molecule has 0 bridgehead atoms. The van der Waals surface area contributed by atoms with E-state index < -0.39 is 5.91 Å². The summed E-state index contributed by atoms with van der Waals surface area (Å²) in [4.78, 5) is 16.1. The highest BCUT2D eigenvalue weighted by Gasteiger charge is 2.13. The Hall–Kier alpha value is -2.69. The van der Waals surface area contributed by atoms with Crippen molar-refractivity contribution in [1.29, 1.82) is 0 Å². The second-order valence-corrected chi connectivity index (χ2v) is 3.93. The molecule has 7 heteroatoms. The van der Waals surface area contributed by atoms with Gasteiger partial charge in [0.25, 0.3) is 5.91 Å². The summed E-state index contributed by atoms with van der Waals surface area (Å²) in [5, 5.41) is 14.9. The van der Waals surface area contributed by atoms with Gasteiger partial charge in [-0.15, -0.1) is 0 Å². The number of nitrogens with one attached hydrogen (secondary N) is 1. The van der Waals surface area contributed by atoms with E-state index in [9.17, 15) is 4.79 Å². The number of anilines is 1. The van der Waals surface area contributed by atoms with Gasteiger partial charge in [0.2, 0.25) is 0 Å². The van der Waals surface area contributed by atoms with Crippen molar-refractivity contribution in [1.82, 2.24) is 10.1 Å². The van der Waals surface area contributed by atoms with Crippen LogP contribution in [-0.2, 0) is 11.3 Å². The Kier molecular flexibility index (Phi) is 5.04. The van der Waals surface area contributed by atoms with Crippen LogP contribution in [0.3, 0.4) is 0 Å². The molecule has 0 aliphatic heterocycles. The minimum absolute atomic E-state index is 0.135. The number of carbonyl (C=O) groups is 1. The molecule has 2 N–H and O–H groups in total. The molecule has 2 aromatic rings. The molecule has 0 saturated heterocycles. The monoisotopic (exact) mass is 287 g/mol. The number of amides is 1. The van der Waals surface area contributed by atoms with Crippen LogP contribution in [0.5, 0.6) is 0 Å². The van der Waals surface area contributed by atoms with Gasteiger partial charge in [0.05, 0.1) is 0 Å². The smallest absolute Gasteiger partial charge is 0.279 e. The van der Waals surface area contributed by atoms with Crippen molar-refractivity contribution in [3.05, 3.63) is 41.4 Å². The van der Waals surface area contributed by atoms with Gasteiger partial charge in [-0.2, -0.15) is 0 Å². The highest BCUT2D eigenvalue weighted by atomic mass is 16.5. The Labute approximate surface area is 120 Å². The highest BCUT2D eigenvalue weighted by Crippen LogP contribution is 2.09. The average Bonchev–Trinajstić information content (AvgIpc) is 2.95. The van der Waals surface area contributed by atoms with Crippen LogP contribution in [0.15, 0.2) is 28.8 Å². The molecule has 108 valence electrons. The summed E-state index contributed by atoms with van der Waals surface area (Å²) in [7, 11) is 1.52. The molecule has 0 radical (unpaired) electrons. The van der Waals surface area contributed by atoms with E-state index in [-0.39, 0.29) is 18.9 Å². The predicted octanol–water partition coefficient (Wildman–Crippen LogP) is 0.812. The molecule has 2 rings (SSSR count). The fourth-order valence-electron chi connectivity index (χ4n) is 1.51. The number of pyridine rings is 1. The van der Waals surface area contributed by atoms with E-state index in [1.165, 1.54) is 13.2 Å². The summed E-state index contributed by atoms with van der Waals surface area (Å²) in [6, 6.07) is 6.49. The summed E-state index contributed by atoms with van der Waals surface area (Å²) < 4.78 is 9.81. The van der Waals surface area contributed by atoms with Gasteiger partial charge in [-0.1, -0.05) is 17.1 Å². The molecule has 0 saturated carbocycles. The Morgan fingerprint density at radius 2 is 2.38 bits per heavy atom. The first-order chi connectivity index (χ1) is 10.2. The number of aromatic nitrogens is 2. The van der Waals surface area contributed by atoms with Crippen molar-refractivity contribution < 1.29 is 19.2 Å². The Bertz CT molecular complexity index is 685. The van der Waals surface area contributed by atoms with Crippen molar-refractivity contribution in [3.8, 4) is 11.8 Å². The third kappa shape index (κ3) is 4.14. The van der Waals surface area contributed by atoms with E-state index >= 15 is 0 Å². The summed E-state index contributed by atoms with van der Waals surface area (Å²) in [6.45, 7) is -0.00968. The first-order valence-electron chi connectivity index (χ1n) is 6.05. The Morgan fingerprint density at radius 1 is 1.52 bits per heavy atom. The van der Waals surface area contributed by atoms with Gasteiger partial charge in [0.1, 0.15) is 24.7 Å². The molecule has 0 aliphatic rings. The van der Waals surface area contributed by atoms with E-state index in [2.05, 4.69) is 27.3 Å². The molecule has 0 fully saturated rings. The van der Waals surface area contributed by atoms with Crippen LogP contribution in [0.25, 0.3) is 0 Å². The van der Waals surface area contributed by atoms with Gasteiger partial charge in [-0.25, -0.2) is 4.98 Å². The fraction of sp³-hybridized carbons (Fsp3) is 0.214. The standard InChI is InChI=1S/C14H13N3O4/c1-20-9-11-8-12(17-21-11)14(19)16-13-6-2-4-10(15-13)5-3-7-18/h2,4,6,8,18H,7,9H2,1H3,(H,15,16,19). The van der Waals surface area contributed by atoms with Crippen LogP contribution >= 0.6 is 0 Å². The number of carbonyl (C=O) groups excluding carboxylic acids is 1. The van der Waals surface area contributed by atoms with Crippen LogP contribution in [0.2, 0.25) is 0 Å². The maximum absolute atomic E-state index is 12.0. The first-order valence-corrected chi connectivity index (χ1v) is 6.05. The lowest BCUT2D eigenvalue weighted by molar-refractivity contribution is 0.101. The summed E-state index contributed by atoms with van der Waals surface area (Å²) in [6.07, 6.45) is 0. The van der Waals surface area contributed by atoms with Gasteiger partial charge in [-0.3, -0.25) is 4.79 Å². The topological polar surface area (TPSA) is 97.5 Å². The second kappa shape index (κ2) is 7.19. The van der Waals surface area contributed by atoms with Crippen molar-refractivity contribution >= 4 is 11.7 Å². The van der Waals surface area contributed by atoms with E-state index in [0.29, 0.717) is 17.3 Å². The molecular formula is C14H13N3O4. The quantitative estimate of drug-likeness (QED) is 0.808. The van der Waals surface area contributed by atoms with E-state index in [1.54, 1.807) is 18.2 Å². The van der Waals surface area contributed by atoms with E-state index in [4.69, 9.17) is 14.4 Å². The van der Waals surface area contributed by atoms with Crippen LogP contribution in [0, 0.1) is 11.8 Å². The minimum atomic E-state index is -0.444. The lowest BCUT2D eigenvalue weighted by Gasteiger charge is -2.01. The number of ether oxygens (including phenoxy) is 1. The van der Waals surface area contributed by atoms with Crippen molar-refractivity contribution in [2.75, 3.05) is 19.0 Å². The number of rotatable bonds is 4. The third-order valence-electron chi connectivity index (χ3n) is 2.36. The van der Waals surface area contributed by atoms with Crippen LogP contribution < -0.4 is 5.32 Å². The number of methoxy groups -OCH3 is 1. The molecule has 21 heavy (non-hydrogen) atoms. The number of aliphatic hydroxyl groups is 1. The highest BCUT2D eigenvalue weighted by molar-refractivity contribution is 6.02. The Morgan fingerprint density at radius 3 is 3.14 bits per heavy atom. The zero-order chi connectivity index (χ0) is 15.1. The minimum Gasteiger partial charge on any atom is -0.384 e. The van der Waals surface area contributed by atoms with Crippen molar-refractivity contribution in [2.24, 2.45) is 0 Å². The zero-order valence-electron chi connectivity index (χ0n) is 11.3. The number of hydrogen-bond acceptors (Lipinski definition) is 6. The summed E-state index contributed by atoms with van der Waals surface area (Å²) >= 11 is 0. The molecular weight excluding hydrogens is 274 g/mol. The van der Waals surface area contributed by atoms with Gasteiger partial charge in [0, 0.05) is 13.2 Å². The molecule has 2 heterocycles. The van der Waals surface area contributed by atoms with Crippen molar-refractivity contribution in [2.45, 2.75) is 6.61 Å². The first kappa shape index (κ1) is 14.7. The summed E-state index contributed by atoms with van der Waals surface area (Å²) in [5.41, 5.74) is 0.581. The van der Waals surface area contributed by atoms with Crippen LogP contribution in [0.4, 0.5) is 5.82 Å². The molecule has 2 aromatic heterocycles. The van der Waals surface area contributed by atoms with Crippen LogP contribution in [-0.4, -0.2) is 34.9 Å². The number of nitrogens with zero attached hydrogens (tertiary/aromatic N) is 2. The second-order valence-electron chi connectivity index (χ2n) is 3.93. The number of hydrogen-bond donors (Lipinski definition) is 2. The summed E-state index contributed by atoms with van der Waals surface area (Å²) in [5.74, 6) is 5.49. The number of aliphatic hydroxyl groups excluding tert-OH is 1. The molecule has 0 spiro atoms. The molecule has 0 atom stereocenters.